The monoisotopic (exact) mass is 943 g/mol. The van der Waals surface area contributed by atoms with Gasteiger partial charge in [-0.05, 0) is 81.7 Å². The van der Waals surface area contributed by atoms with Gasteiger partial charge < -0.3 is 43.6 Å². The fourth-order valence-corrected chi connectivity index (χ4v) is 11.4. The molecule has 2 aromatic rings. The number of ketones is 1. The van der Waals surface area contributed by atoms with Gasteiger partial charge in [-0.3, -0.25) is 19.2 Å². The molecule has 1 aliphatic heterocycles. The minimum atomic E-state index is -2.29. The molecule has 0 radical (unpaired) electrons. The lowest BCUT2D eigenvalue weighted by Crippen LogP contribution is -2.78. The topological polar surface area (TPSA) is 216 Å². The van der Waals surface area contributed by atoms with Crippen LogP contribution in [0.3, 0.4) is 0 Å². The molecule has 1 saturated heterocycles. The smallest absolute Gasteiger partial charge is 0.408 e. The van der Waals surface area contributed by atoms with Crippen LogP contribution in [0.1, 0.15) is 136 Å². The summed E-state index contributed by atoms with van der Waals surface area (Å²) in [6.07, 6.45) is -5.21. The van der Waals surface area contributed by atoms with Gasteiger partial charge in [0.25, 0.3) is 0 Å². The molecule has 5 aliphatic rings. The van der Waals surface area contributed by atoms with Crippen LogP contribution in [0, 0.1) is 22.7 Å². The Morgan fingerprint density at radius 2 is 1.54 bits per heavy atom. The summed E-state index contributed by atoms with van der Waals surface area (Å²) in [4.78, 5) is 98.7. The standard InChI is InChI=1S/C52H65NO15/c1-10-11-12-19-24-37(56)65-41(39(32-20-15-13-16-21-32)53-47(60)68-48(5,6)7)46(59)64-35-27-52(61)44(66-45(58)33-22-17-14-18-23-33)42-50(26-34(50)25-36-51(42,28-62-36)67-31(4)55)43(57)40(63-30(3)54)38(29(35)2)49(52,8)9/h13-18,20-23,34-36,39-42,44,61H,10-12,19,24-28H2,1-9H3,(H,53,60)/t34-,35?,36-,39+,40-,41-,42+,44+,50-,51+,52-/m1/s1. The van der Waals surface area contributed by atoms with Gasteiger partial charge in [0.05, 0.1) is 18.1 Å². The Bertz CT molecular complexity index is 2320. The summed E-state index contributed by atoms with van der Waals surface area (Å²) in [7, 11) is 0. The first-order chi connectivity index (χ1) is 32.0. The van der Waals surface area contributed by atoms with E-state index in [4.69, 9.17) is 33.2 Å². The van der Waals surface area contributed by atoms with E-state index in [0.29, 0.717) is 18.4 Å². The van der Waals surface area contributed by atoms with Crippen LogP contribution >= 0.6 is 0 Å². The average molecular weight is 944 g/mol. The van der Waals surface area contributed by atoms with Crippen molar-refractivity contribution in [2.75, 3.05) is 6.61 Å². The molecular weight excluding hydrogens is 879 g/mol. The molecule has 7 rings (SSSR count). The number of carbonyl (C=O) groups is 7. The number of benzene rings is 2. The third-order valence-electron chi connectivity index (χ3n) is 14.7. The van der Waals surface area contributed by atoms with Crippen LogP contribution in [0.4, 0.5) is 4.79 Å². The Labute approximate surface area is 397 Å². The fourth-order valence-electron chi connectivity index (χ4n) is 11.4. The first kappa shape index (κ1) is 50.3. The molecule has 4 fully saturated rings. The van der Waals surface area contributed by atoms with Gasteiger partial charge in [0.1, 0.15) is 35.6 Å². The summed E-state index contributed by atoms with van der Waals surface area (Å²) in [5.74, 6) is -6.38. The number of carbonyl (C=O) groups excluding carboxylic acids is 7. The number of nitrogens with one attached hydrogen (secondary N) is 1. The van der Waals surface area contributed by atoms with Gasteiger partial charge in [0, 0.05) is 37.5 Å². The fraction of sp³-hybridized carbons (Fsp3) is 0.596. The molecule has 1 amide bonds. The highest BCUT2D eigenvalue weighted by molar-refractivity contribution is 5.98. The molecule has 2 aromatic carbocycles. The highest BCUT2D eigenvalue weighted by Crippen LogP contribution is 2.74. The van der Waals surface area contributed by atoms with Crippen molar-refractivity contribution in [2.45, 2.75) is 167 Å². The zero-order valence-corrected chi connectivity index (χ0v) is 40.4. The van der Waals surface area contributed by atoms with Crippen molar-refractivity contribution in [2.24, 2.45) is 22.7 Å². The number of ether oxygens (including phenoxy) is 7. The molecule has 68 heavy (non-hydrogen) atoms. The number of Topliss-reactive ketones (excluding diaryl/α,β-unsaturated/α-hetero) is 1. The number of rotatable bonds is 15. The SMILES string of the molecule is CCCCCCC(=O)O[C@@H](C(=O)OC1C[C@@]2(O)[C@@H](OC(=O)c3ccccc3)[C@@H]3[C@]4(OC(C)=O)CO[C@@H]4C[C@@H]4C[C@@]43C(=O)[C@H](OC(C)=O)C(=C1C)C2(C)C)[C@@H](NC(=O)OC(C)(C)C)c1ccccc1. The first-order valence-corrected chi connectivity index (χ1v) is 23.7. The molecule has 0 aromatic heterocycles. The third-order valence-corrected chi connectivity index (χ3v) is 14.7. The van der Waals surface area contributed by atoms with Crippen LogP contribution in [0.5, 0.6) is 0 Å². The number of unbranched alkanes of at least 4 members (excludes halogenated alkanes) is 3. The summed E-state index contributed by atoms with van der Waals surface area (Å²) in [5.41, 5.74) is -6.97. The number of alkyl carbamates (subject to hydrolysis) is 1. The van der Waals surface area contributed by atoms with E-state index in [1.807, 2.05) is 6.92 Å². The molecule has 1 spiro atoms. The highest BCUT2D eigenvalue weighted by atomic mass is 16.6. The van der Waals surface area contributed by atoms with Crippen molar-refractivity contribution >= 4 is 41.7 Å². The number of fused-ring (bicyclic) bond motifs is 4. The average Bonchev–Trinajstić information content (AvgIpc) is 3.99. The largest absolute Gasteiger partial charge is 0.455 e. The quantitative estimate of drug-likeness (QED) is 0.0796. The molecule has 4 aliphatic carbocycles. The van der Waals surface area contributed by atoms with Gasteiger partial charge in [0.15, 0.2) is 17.5 Å². The summed E-state index contributed by atoms with van der Waals surface area (Å²) in [5, 5.41) is 16.6. The maximum atomic E-state index is 15.7. The minimum Gasteiger partial charge on any atom is -0.455 e. The van der Waals surface area contributed by atoms with Crippen LogP contribution in [0.25, 0.3) is 0 Å². The predicted octanol–water partition coefficient (Wildman–Crippen LogP) is 6.99. The number of hydrogen-bond donors (Lipinski definition) is 2. The second-order valence-electron chi connectivity index (χ2n) is 20.6. The Morgan fingerprint density at radius 3 is 2.13 bits per heavy atom. The summed E-state index contributed by atoms with van der Waals surface area (Å²) >= 11 is 0. The van der Waals surface area contributed by atoms with Crippen LogP contribution in [0.15, 0.2) is 71.8 Å². The Kier molecular flexibility index (Phi) is 14.1. The van der Waals surface area contributed by atoms with Crippen LogP contribution in [-0.4, -0.2) is 101 Å². The lowest BCUT2D eigenvalue weighted by Gasteiger charge is -2.64. The molecule has 1 unspecified atom stereocenters. The molecule has 2 N–H and O–H groups in total. The van der Waals surface area contributed by atoms with Crippen molar-refractivity contribution in [3.05, 3.63) is 82.9 Å². The Morgan fingerprint density at radius 1 is 0.882 bits per heavy atom. The van der Waals surface area contributed by atoms with E-state index in [-0.39, 0.29) is 36.2 Å². The van der Waals surface area contributed by atoms with Crippen molar-refractivity contribution in [1.29, 1.82) is 0 Å². The second kappa shape index (κ2) is 19.1. The molecule has 3 saturated carbocycles. The number of amides is 1. The van der Waals surface area contributed by atoms with E-state index in [9.17, 15) is 29.1 Å². The van der Waals surface area contributed by atoms with E-state index in [0.717, 1.165) is 26.2 Å². The molecule has 16 nitrogen and oxygen atoms in total. The van der Waals surface area contributed by atoms with E-state index in [1.165, 1.54) is 19.1 Å². The predicted molar refractivity (Wildman–Crippen MR) is 242 cm³/mol. The number of aliphatic hydroxyl groups is 1. The van der Waals surface area contributed by atoms with Gasteiger partial charge in [0.2, 0.25) is 6.10 Å². The van der Waals surface area contributed by atoms with Gasteiger partial charge in [-0.25, -0.2) is 14.4 Å². The minimum absolute atomic E-state index is 0.0439. The van der Waals surface area contributed by atoms with Crippen molar-refractivity contribution in [1.82, 2.24) is 5.32 Å². The van der Waals surface area contributed by atoms with Gasteiger partial charge in [-0.15, -0.1) is 0 Å². The maximum absolute atomic E-state index is 15.7. The lowest BCUT2D eigenvalue weighted by molar-refractivity contribution is -0.323. The normalized spacial score (nSPS) is 30.7. The Hall–Kier alpha value is -5.61. The van der Waals surface area contributed by atoms with Gasteiger partial charge in [-0.2, -0.15) is 0 Å². The van der Waals surface area contributed by atoms with Crippen LogP contribution in [0.2, 0.25) is 0 Å². The number of esters is 5. The molecule has 2 bridgehead atoms. The van der Waals surface area contributed by atoms with E-state index in [2.05, 4.69) is 5.32 Å². The second-order valence-corrected chi connectivity index (χ2v) is 20.6. The molecular formula is C52H65NO15. The molecule has 368 valence electrons. The van der Waals surface area contributed by atoms with Crippen LogP contribution in [-0.2, 0) is 57.1 Å². The van der Waals surface area contributed by atoms with E-state index in [1.54, 1.807) is 90.1 Å². The molecule has 16 heteroatoms. The van der Waals surface area contributed by atoms with Crippen molar-refractivity contribution in [3.63, 3.8) is 0 Å². The van der Waals surface area contributed by atoms with E-state index < -0.39 is 124 Å². The van der Waals surface area contributed by atoms with Crippen molar-refractivity contribution < 1.29 is 71.8 Å². The summed E-state index contributed by atoms with van der Waals surface area (Å²) < 4.78 is 42.8. The van der Waals surface area contributed by atoms with Gasteiger partial charge in [-0.1, -0.05) is 88.6 Å². The third kappa shape index (κ3) is 9.29. The molecule has 1 heterocycles. The van der Waals surface area contributed by atoms with E-state index >= 15 is 9.59 Å². The van der Waals surface area contributed by atoms with Gasteiger partial charge >= 0.3 is 35.9 Å². The summed E-state index contributed by atoms with van der Waals surface area (Å²) in [6, 6.07) is 15.1. The maximum Gasteiger partial charge on any atom is 0.408 e. The highest BCUT2D eigenvalue weighted by Gasteiger charge is 2.84. The van der Waals surface area contributed by atoms with Crippen LogP contribution < -0.4 is 5.32 Å². The number of hydrogen-bond acceptors (Lipinski definition) is 15. The molecule has 11 atom stereocenters. The first-order valence-electron chi connectivity index (χ1n) is 23.7. The van der Waals surface area contributed by atoms with Crippen molar-refractivity contribution in [3.8, 4) is 0 Å². The lowest BCUT2D eigenvalue weighted by atomic mass is 9.48. The Balaban J connectivity index is 1.39. The zero-order chi connectivity index (χ0) is 49.6. The summed E-state index contributed by atoms with van der Waals surface area (Å²) in [6.45, 7) is 14.1. The zero-order valence-electron chi connectivity index (χ0n) is 40.4.